The number of nitrogens with zero attached hydrogens (tertiary/aromatic N) is 1. The number of ether oxygens (including phenoxy) is 1. The van der Waals surface area contributed by atoms with Crippen molar-refractivity contribution in [2.45, 2.75) is 20.3 Å². The lowest BCUT2D eigenvalue weighted by Crippen LogP contribution is -2.12. The molecule has 7 heteroatoms. The molecule has 0 saturated carbocycles. The Kier molecular flexibility index (Phi) is 6.61. The minimum atomic E-state index is -1.19. The molecule has 2 N–H and O–H groups in total. The van der Waals surface area contributed by atoms with Gasteiger partial charge in [-0.15, -0.1) is 0 Å². The summed E-state index contributed by atoms with van der Waals surface area (Å²) in [6, 6.07) is 3.78. The highest BCUT2D eigenvalue weighted by Gasteiger charge is 2.16. The molecule has 0 heterocycles. The van der Waals surface area contributed by atoms with Crippen LogP contribution in [0.15, 0.2) is 18.2 Å². The fourth-order valence-electron chi connectivity index (χ4n) is 1.64. The van der Waals surface area contributed by atoms with Crippen LogP contribution in [-0.4, -0.2) is 35.8 Å². The highest BCUT2D eigenvalue weighted by Crippen LogP contribution is 2.25. The highest BCUT2D eigenvalue weighted by molar-refractivity contribution is 5.89. The molecule has 0 bridgehead atoms. The maximum atomic E-state index is 10.9. The molecule has 0 atom stereocenters. The first kappa shape index (κ1) is 16.9. The molecule has 0 unspecified atom stereocenters. The summed E-state index contributed by atoms with van der Waals surface area (Å²) in [7, 11) is 0. The molecule has 116 valence electrons. The number of benzene rings is 1. The third-order valence-corrected chi connectivity index (χ3v) is 2.84. The van der Waals surface area contributed by atoms with Crippen molar-refractivity contribution in [2.24, 2.45) is 5.92 Å². The number of rotatable bonds is 9. The zero-order chi connectivity index (χ0) is 15.8. The zero-order valence-electron chi connectivity index (χ0n) is 12.2. The number of aromatic carboxylic acids is 1. The molecule has 0 radical (unpaired) electrons. The molecule has 1 aromatic rings. The van der Waals surface area contributed by atoms with E-state index in [4.69, 9.17) is 9.84 Å². The van der Waals surface area contributed by atoms with Gasteiger partial charge in [-0.2, -0.15) is 0 Å². The predicted octanol–water partition coefficient (Wildman–Crippen LogP) is 2.77. The van der Waals surface area contributed by atoms with Crippen molar-refractivity contribution >= 4 is 17.3 Å². The maximum Gasteiger partial charge on any atom is 0.335 e. The Bertz CT molecular complexity index is 502. The van der Waals surface area contributed by atoms with Crippen molar-refractivity contribution in [3.05, 3.63) is 33.9 Å². The van der Waals surface area contributed by atoms with Gasteiger partial charge in [-0.1, -0.05) is 13.8 Å². The molecule has 0 aromatic heterocycles. The molecule has 0 aliphatic rings. The smallest absolute Gasteiger partial charge is 0.335 e. The fourth-order valence-corrected chi connectivity index (χ4v) is 1.64. The van der Waals surface area contributed by atoms with Gasteiger partial charge in [-0.25, -0.2) is 4.79 Å². The summed E-state index contributed by atoms with van der Waals surface area (Å²) in [4.78, 5) is 21.2. The molecule has 0 amide bonds. The summed E-state index contributed by atoms with van der Waals surface area (Å²) in [5.74, 6) is -0.621. The average molecular weight is 296 g/mol. The summed E-state index contributed by atoms with van der Waals surface area (Å²) in [5.41, 5.74) is -0.0741. The molecule has 7 nitrogen and oxygen atoms in total. The monoisotopic (exact) mass is 296 g/mol. The number of carboxylic acid groups (broad SMARTS) is 1. The summed E-state index contributed by atoms with van der Waals surface area (Å²) in [5, 5.41) is 22.7. The van der Waals surface area contributed by atoms with Crippen LogP contribution in [-0.2, 0) is 4.74 Å². The summed E-state index contributed by atoms with van der Waals surface area (Å²) < 4.78 is 5.40. The van der Waals surface area contributed by atoms with Gasteiger partial charge in [0.2, 0.25) is 0 Å². The van der Waals surface area contributed by atoms with E-state index in [-0.39, 0.29) is 16.9 Å². The normalized spacial score (nSPS) is 10.6. The number of hydrogen-bond acceptors (Lipinski definition) is 5. The van der Waals surface area contributed by atoms with E-state index in [9.17, 15) is 14.9 Å². The second-order valence-electron chi connectivity index (χ2n) is 5.02. The molecule has 0 fully saturated rings. The first-order chi connectivity index (χ1) is 9.91. The number of nitro benzene ring substituents is 1. The van der Waals surface area contributed by atoms with E-state index < -0.39 is 10.9 Å². The lowest BCUT2D eigenvalue weighted by atomic mass is 10.1. The summed E-state index contributed by atoms with van der Waals surface area (Å²) in [6.07, 6.45) is 0.966. The van der Waals surface area contributed by atoms with Crippen LogP contribution in [0, 0.1) is 16.0 Å². The number of nitrogens with one attached hydrogen (secondary N) is 1. The van der Waals surface area contributed by atoms with Crippen molar-refractivity contribution in [1.29, 1.82) is 0 Å². The van der Waals surface area contributed by atoms with Crippen LogP contribution in [0.2, 0.25) is 0 Å². The van der Waals surface area contributed by atoms with Gasteiger partial charge in [0.1, 0.15) is 5.69 Å². The van der Waals surface area contributed by atoms with Crippen LogP contribution >= 0.6 is 0 Å². The van der Waals surface area contributed by atoms with Crippen molar-refractivity contribution in [1.82, 2.24) is 0 Å². The van der Waals surface area contributed by atoms with Crippen LogP contribution in [0.1, 0.15) is 30.6 Å². The Hall–Kier alpha value is -2.15. The van der Waals surface area contributed by atoms with E-state index in [2.05, 4.69) is 19.2 Å². The first-order valence-corrected chi connectivity index (χ1v) is 6.75. The van der Waals surface area contributed by atoms with Gasteiger partial charge in [-0.05, 0) is 24.5 Å². The third kappa shape index (κ3) is 5.78. The van der Waals surface area contributed by atoms with E-state index in [0.717, 1.165) is 12.5 Å². The topological polar surface area (TPSA) is 102 Å². The summed E-state index contributed by atoms with van der Waals surface area (Å²) in [6.45, 7) is 5.72. The molecular formula is C14H20N2O5. The van der Waals surface area contributed by atoms with Gasteiger partial charge in [0.15, 0.2) is 0 Å². The molecule has 21 heavy (non-hydrogen) atoms. The van der Waals surface area contributed by atoms with E-state index in [1.807, 2.05) is 0 Å². The van der Waals surface area contributed by atoms with Crippen molar-refractivity contribution in [3.8, 4) is 0 Å². The number of anilines is 1. The highest BCUT2D eigenvalue weighted by atomic mass is 16.6. The minimum absolute atomic E-state index is 0.111. The van der Waals surface area contributed by atoms with Crippen molar-refractivity contribution in [2.75, 3.05) is 25.1 Å². The second kappa shape index (κ2) is 8.21. The molecule has 0 saturated heterocycles. The Morgan fingerprint density at radius 1 is 1.43 bits per heavy atom. The predicted molar refractivity (Wildman–Crippen MR) is 78.8 cm³/mol. The molecular weight excluding hydrogens is 276 g/mol. The van der Waals surface area contributed by atoms with Crippen LogP contribution in [0.25, 0.3) is 0 Å². The quantitative estimate of drug-likeness (QED) is 0.413. The van der Waals surface area contributed by atoms with E-state index in [1.165, 1.54) is 12.1 Å². The largest absolute Gasteiger partial charge is 0.478 e. The molecule has 0 aliphatic carbocycles. The number of nitro groups is 1. The summed E-state index contributed by atoms with van der Waals surface area (Å²) >= 11 is 0. The van der Waals surface area contributed by atoms with Gasteiger partial charge in [-0.3, -0.25) is 10.1 Å². The lowest BCUT2D eigenvalue weighted by Gasteiger charge is -2.09. The average Bonchev–Trinajstić information content (AvgIpc) is 2.42. The van der Waals surface area contributed by atoms with Crippen LogP contribution in [0.5, 0.6) is 0 Å². The maximum absolute atomic E-state index is 10.9. The van der Waals surface area contributed by atoms with Crippen molar-refractivity contribution < 1.29 is 19.6 Å². The Labute approximate surface area is 123 Å². The van der Waals surface area contributed by atoms with Gasteiger partial charge in [0.05, 0.1) is 17.1 Å². The van der Waals surface area contributed by atoms with Crippen molar-refractivity contribution in [3.63, 3.8) is 0 Å². The Morgan fingerprint density at radius 3 is 2.71 bits per heavy atom. The first-order valence-electron chi connectivity index (χ1n) is 6.75. The van der Waals surface area contributed by atoms with Crippen LogP contribution in [0.3, 0.4) is 0 Å². The standard InChI is InChI=1S/C14H20N2O5/c1-10(2)5-7-21-8-6-15-12-4-3-11(14(17)18)9-13(12)16(19)20/h3-4,9-10,15H,5-8H2,1-2H3,(H,17,18). The number of hydrogen-bond donors (Lipinski definition) is 2. The van der Waals surface area contributed by atoms with E-state index >= 15 is 0 Å². The number of carbonyl (C=O) groups is 1. The zero-order valence-corrected chi connectivity index (χ0v) is 12.2. The van der Waals surface area contributed by atoms with E-state index in [1.54, 1.807) is 0 Å². The lowest BCUT2D eigenvalue weighted by molar-refractivity contribution is -0.384. The van der Waals surface area contributed by atoms with Gasteiger partial charge in [0, 0.05) is 19.2 Å². The van der Waals surface area contributed by atoms with Gasteiger partial charge >= 0.3 is 5.97 Å². The van der Waals surface area contributed by atoms with Gasteiger partial charge < -0.3 is 15.2 Å². The molecule has 0 aliphatic heterocycles. The second-order valence-corrected chi connectivity index (χ2v) is 5.02. The Balaban J connectivity index is 2.54. The van der Waals surface area contributed by atoms with Gasteiger partial charge in [0.25, 0.3) is 5.69 Å². The SMILES string of the molecule is CC(C)CCOCCNc1ccc(C(=O)O)cc1[N+](=O)[O-]. The molecule has 0 spiro atoms. The third-order valence-electron chi connectivity index (χ3n) is 2.84. The number of carboxylic acids is 1. The molecule has 1 aromatic carbocycles. The minimum Gasteiger partial charge on any atom is -0.478 e. The van der Waals surface area contributed by atoms with Crippen LogP contribution in [0.4, 0.5) is 11.4 Å². The van der Waals surface area contributed by atoms with E-state index in [0.29, 0.717) is 25.7 Å². The molecule has 1 rings (SSSR count). The van der Waals surface area contributed by atoms with Crippen LogP contribution < -0.4 is 5.32 Å². The Morgan fingerprint density at radius 2 is 2.14 bits per heavy atom. The fraction of sp³-hybridized carbons (Fsp3) is 0.500.